The van der Waals surface area contributed by atoms with Gasteiger partial charge in [0.2, 0.25) is 17.7 Å². The Hall–Kier alpha value is -4.79. The molecule has 0 bridgehead atoms. The summed E-state index contributed by atoms with van der Waals surface area (Å²) in [5.41, 5.74) is 0.860. The van der Waals surface area contributed by atoms with E-state index < -0.39 is 66.1 Å². The number of ether oxygens (including phenoxy) is 1. The van der Waals surface area contributed by atoms with Gasteiger partial charge in [-0.3, -0.25) is 33.7 Å². The Morgan fingerprint density at radius 1 is 0.900 bits per heavy atom. The molecule has 2 rings (SSSR count). The van der Waals surface area contributed by atoms with E-state index in [0.717, 1.165) is 17.1 Å². The van der Waals surface area contributed by atoms with Crippen LogP contribution in [0.5, 0.6) is 0 Å². The summed E-state index contributed by atoms with van der Waals surface area (Å²) in [4.78, 5) is 84.2. The van der Waals surface area contributed by atoms with Gasteiger partial charge in [0.15, 0.2) is 0 Å². The molecule has 3 atom stereocenters. The molecule has 0 aromatic heterocycles. The average Bonchev–Trinajstić information content (AvgIpc) is 3.23. The fourth-order valence-corrected chi connectivity index (χ4v) is 3.25. The summed E-state index contributed by atoms with van der Waals surface area (Å²) in [6.07, 6.45) is 0.833. The lowest BCUT2D eigenvalue weighted by molar-refractivity contribution is -0.140. The van der Waals surface area contributed by atoms with Gasteiger partial charge in [-0.05, 0) is 38.6 Å². The van der Waals surface area contributed by atoms with Crippen LogP contribution in [0.25, 0.3) is 0 Å². The molecule has 6 N–H and O–H groups in total. The number of hydrogen-bond donors (Lipinski definition) is 6. The molecular weight excluding hydrogens is 528 g/mol. The highest BCUT2D eigenvalue weighted by atomic mass is 16.5. The van der Waals surface area contributed by atoms with Crippen molar-refractivity contribution in [3.05, 3.63) is 42.0 Å². The van der Waals surface area contributed by atoms with E-state index in [1.54, 1.807) is 26.1 Å². The highest BCUT2D eigenvalue weighted by Crippen LogP contribution is 2.12. The third kappa shape index (κ3) is 9.83. The van der Waals surface area contributed by atoms with Crippen LogP contribution in [-0.2, 0) is 40.1 Å². The number of rotatable bonds is 14. The van der Waals surface area contributed by atoms with Gasteiger partial charge in [-0.2, -0.15) is 0 Å². The van der Waals surface area contributed by atoms with Crippen molar-refractivity contribution >= 4 is 47.3 Å². The van der Waals surface area contributed by atoms with E-state index in [2.05, 4.69) is 26.6 Å². The van der Waals surface area contributed by atoms with E-state index in [4.69, 9.17) is 4.74 Å². The number of carbonyl (C=O) groups is 7. The number of likely N-dealkylation sites (N-methyl/N-ethyl adjacent to an activating group) is 1. The summed E-state index contributed by atoms with van der Waals surface area (Å²) in [6.45, 7) is 2.89. The molecule has 15 nitrogen and oxygen atoms in total. The second kappa shape index (κ2) is 15.0. The van der Waals surface area contributed by atoms with Gasteiger partial charge in [0.05, 0.1) is 12.5 Å². The molecule has 0 spiro atoms. The van der Waals surface area contributed by atoms with Gasteiger partial charge in [-0.25, -0.2) is 4.79 Å². The third-order valence-corrected chi connectivity index (χ3v) is 5.69. The second-order valence-electron chi connectivity index (χ2n) is 8.75. The lowest BCUT2D eigenvalue weighted by Crippen LogP contribution is -2.54. The summed E-state index contributed by atoms with van der Waals surface area (Å²) < 4.78 is 5.08. The summed E-state index contributed by atoms with van der Waals surface area (Å²) in [5.74, 6) is -4.20. The van der Waals surface area contributed by atoms with Crippen LogP contribution in [0.2, 0.25) is 0 Å². The van der Waals surface area contributed by atoms with Gasteiger partial charge in [-0.15, -0.1) is 0 Å². The maximum Gasteiger partial charge on any atom is 0.407 e. The normalized spacial score (nSPS) is 14.6. The number of nitrogens with zero attached hydrogens (tertiary/aromatic N) is 1. The number of hydrogen-bond acceptors (Lipinski definition) is 9. The first-order chi connectivity index (χ1) is 18.9. The minimum absolute atomic E-state index is 0.000575. The van der Waals surface area contributed by atoms with E-state index >= 15 is 0 Å². The number of nitrogens with one attached hydrogen (secondary N) is 5. The molecule has 3 unspecified atom stereocenters. The van der Waals surface area contributed by atoms with Crippen LogP contribution in [0.15, 0.2) is 36.4 Å². The van der Waals surface area contributed by atoms with Crippen molar-refractivity contribution in [3.8, 4) is 0 Å². The number of carboxylic acids is 1. The van der Waals surface area contributed by atoms with Crippen molar-refractivity contribution in [1.82, 2.24) is 26.2 Å². The number of imide groups is 1. The van der Waals surface area contributed by atoms with Crippen molar-refractivity contribution in [2.45, 2.75) is 45.0 Å². The molecule has 0 fully saturated rings. The van der Waals surface area contributed by atoms with Gasteiger partial charge in [-0.1, -0.05) is 12.1 Å². The molecule has 1 aromatic carbocycles. The van der Waals surface area contributed by atoms with Crippen molar-refractivity contribution in [1.29, 1.82) is 0 Å². The minimum atomic E-state index is -1.42. The monoisotopic (exact) mass is 560 g/mol. The number of alkyl carbamates (subject to hydrolysis) is 1. The molecule has 1 aliphatic rings. The van der Waals surface area contributed by atoms with Crippen molar-refractivity contribution in [2.24, 2.45) is 0 Å². The Morgan fingerprint density at radius 2 is 1.50 bits per heavy atom. The topological polar surface area (TPSA) is 212 Å². The first kappa shape index (κ1) is 31.4. The largest absolute Gasteiger partial charge is 0.481 e. The molecule has 1 aromatic rings. The second-order valence-corrected chi connectivity index (χ2v) is 8.75. The van der Waals surface area contributed by atoms with E-state index in [-0.39, 0.29) is 19.7 Å². The maximum atomic E-state index is 12.7. The highest BCUT2D eigenvalue weighted by Gasteiger charge is 2.27. The van der Waals surface area contributed by atoms with E-state index in [0.29, 0.717) is 11.3 Å². The van der Waals surface area contributed by atoms with Crippen LogP contribution in [0.3, 0.4) is 0 Å². The molecular formula is C25H32N6O9. The Balaban J connectivity index is 1.84. The Bertz CT molecular complexity index is 1150. The molecule has 216 valence electrons. The molecule has 0 radical (unpaired) electrons. The van der Waals surface area contributed by atoms with Gasteiger partial charge in [0.1, 0.15) is 18.7 Å². The first-order valence-electron chi connectivity index (χ1n) is 12.2. The molecule has 0 saturated carbocycles. The van der Waals surface area contributed by atoms with E-state index in [1.165, 1.54) is 19.1 Å². The fraction of sp³-hybridized carbons (Fsp3) is 0.400. The first-order valence-corrected chi connectivity index (χ1v) is 12.2. The highest BCUT2D eigenvalue weighted by molar-refractivity contribution is 6.12. The number of carbonyl (C=O) groups excluding carboxylic acids is 6. The summed E-state index contributed by atoms with van der Waals surface area (Å²) >= 11 is 0. The van der Waals surface area contributed by atoms with Crippen molar-refractivity contribution in [2.75, 3.05) is 25.5 Å². The molecule has 1 heterocycles. The Kier molecular flexibility index (Phi) is 11.8. The summed E-state index contributed by atoms with van der Waals surface area (Å²) in [5, 5.41) is 21.7. The van der Waals surface area contributed by atoms with Crippen molar-refractivity contribution < 1.29 is 43.4 Å². The van der Waals surface area contributed by atoms with Crippen LogP contribution in [0, 0.1) is 0 Å². The molecule has 0 saturated heterocycles. The molecule has 6 amide bonds. The van der Waals surface area contributed by atoms with Crippen LogP contribution in [-0.4, -0.2) is 89.9 Å². The zero-order valence-electron chi connectivity index (χ0n) is 22.2. The van der Waals surface area contributed by atoms with Crippen LogP contribution < -0.4 is 26.6 Å². The SMILES string of the molecule is CNC(C)C(=O)NC(C)C(=O)NC(CC(=O)O)C(=O)Nc1ccc(COC(=O)NCCN2C(=O)C=CC2=O)cc1. The number of carboxylic acid groups (broad SMARTS) is 1. The van der Waals surface area contributed by atoms with Crippen molar-refractivity contribution in [3.63, 3.8) is 0 Å². The third-order valence-electron chi connectivity index (χ3n) is 5.69. The van der Waals surface area contributed by atoms with Gasteiger partial charge >= 0.3 is 12.1 Å². The zero-order valence-corrected chi connectivity index (χ0v) is 22.2. The van der Waals surface area contributed by atoms with Crippen LogP contribution in [0.4, 0.5) is 10.5 Å². The summed E-state index contributed by atoms with van der Waals surface area (Å²) in [7, 11) is 1.57. The zero-order chi connectivity index (χ0) is 29.8. The summed E-state index contributed by atoms with van der Waals surface area (Å²) in [6, 6.07) is 3.10. The molecule has 40 heavy (non-hydrogen) atoms. The molecule has 1 aliphatic heterocycles. The van der Waals surface area contributed by atoms with E-state index in [9.17, 15) is 38.7 Å². The quantitative estimate of drug-likeness (QED) is 0.150. The average molecular weight is 561 g/mol. The number of anilines is 1. The molecule has 0 aliphatic carbocycles. The van der Waals surface area contributed by atoms with Gasteiger partial charge in [0.25, 0.3) is 11.8 Å². The number of benzene rings is 1. The lowest BCUT2D eigenvalue weighted by atomic mass is 10.1. The number of aliphatic carboxylic acids is 1. The standard InChI is InChI=1S/C25H32N6O9/c1-14(26-3)22(36)28-15(2)23(37)30-18(12-21(34)35)24(38)29-17-6-4-16(5-7-17)13-40-25(39)27-10-11-31-19(32)8-9-20(31)33/h4-9,14-15,18,26H,10-13H2,1-3H3,(H,27,39)(H,28,36)(H,29,38)(H,30,37)(H,34,35). The smallest absolute Gasteiger partial charge is 0.407 e. The molecule has 15 heteroatoms. The number of amides is 6. The Labute approximate surface area is 229 Å². The fourth-order valence-electron chi connectivity index (χ4n) is 3.25. The minimum Gasteiger partial charge on any atom is -0.481 e. The van der Waals surface area contributed by atoms with Crippen LogP contribution >= 0.6 is 0 Å². The predicted molar refractivity (Wildman–Crippen MR) is 139 cm³/mol. The van der Waals surface area contributed by atoms with Crippen LogP contribution in [0.1, 0.15) is 25.8 Å². The van der Waals surface area contributed by atoms with E-state index in [1.807, 2.05) is 0 Å². The predicted octanol–water partition coefficient (Wildman–Crippen LogP) is -1.15. The van der Waals surface area contributed by atoms with Gasteiger partial charge < -0.3 is 36.4 Å². The maximum absolute atomic E-state index is 12.7. The lowest BCUT2D eigenvalue weighted by Gasteiger charge is -2.21. The van der Waals surface area contributed by atoms with Gasteiger partial charge in [0, 0.05) is 30.9 Å². The Morgan fingerprint density at radius 3 is 2.08 bits per heavy atom.